The van der Waals surface area contributed by atoms with Crippen molar-refractivity contribution in [1.82, 2.24) is 4.98 Å². The first-order valence-electron chi connectivity index (χ1n) is 5.48. The predicted molar refractivity (Wildman–Crippen MR) is 56.1 cm³/mol. The molecule has 0 spiro atoms. The van der Waals surface area contributed by atoms with E-state index in [0.29, 0.717) is 0 Å². The number of aromatic nitrogens is 1. The van der Waals surface area contributed by atoms with Gasteiger partial charge in [-0.1, -0.05) is 0 Å². The Bertz CT molecular complexity index is 485. The van der Waals surface area contributed by atoms with Crippen molar-refractivity contribution in [3.05, 3.63) is 17.8 Å². The summed E-state index contributed by atoms with van der Waals surface area (Å²) in [6.07, 6.45) is -3.01. The zero-order valence-corrected chi connectivity index (χ0v) is 9.61. The van der Waals surface area contributed by atoms with Crippen LogP contribution in [0.2, 0.25) is 0 Å². The smallest absolute Gasteiger partial charge is 0.477 e. The number of pyridine rings is 1. The van der Waals surface area contributed by atoms with Crippen molar-refractivity contribution in [3.63, 3.8) is 0 Å². The number of carboxylic acids is 1. The van der Waals surface area contributed by atoms with Crippen molar-refractivity contribution in [2.24, 2.45) is 5.92 Å². The molecule has 0 saturated heterocycles. The van der Waals surface area contributed by atoms with Crippen molar-refractivity contribution in [1.29, 1.82) is 0 Å². The SMILES string of the molecule is O=C(O)c1ccc(OC(F)(F)F)c(OCC2CC2)n1. The first kappa shape index (κ1) is 13.4. The van der Waals surface area contributed by atoms with E-state index in [2.05, 4.69) is 9.72 Å². The minimum absolute atomic E-state index is 0.199. The fourth-order valence-electron chi connectivity index (χ4n) is 1.33. The van der Waals surface area contributed by atoms with E-state index in [1.807, 2.05) is 0 Å². The summed E-state index contributed by atoms with van der Waals surface area (Å²) >= 11 is 0. The van der Waals surface area contributed by atoms with Crippen LogP contribution in [-0.4, -0.2) is 29.0 Å². The van der Waals surface area contributed by atoms with Gasteiger partial charge in [0.05, 0.1) is 6.61 Å². The Morgan fingerprint density at radius 3 is 2.63 bits per heavy atom. The molecule has 0 aromatic carbocycles. The lowest BCUT2D eigenvalue weighted by Crippen LogP contribution is -2.18. The Hall–Kier alpha value is -1.99. The highest BCUT2D eigenvalue weighted by Crippen LogP contribution is 2.34. The van der Waals surface area contributed by atoms with Crippen LogP contribution in [0, 0.1) is 5.92 Å². The number of aromatic carboxylic acids is 1. The average molecular weight is 277 g/mol. The van der Waals surface area contributed by atoms with Crippen molar-refractivity contribution < 1.29 is 32.5 Å². The maximum Gasteiger partial charge on any atom is 0.573 e. The van der Waals surface area contributed by atoms with Crippen LogP contribution in [-0.2, 0) is 0 Å². The third-order valence-electron chi connectivity index (χ3n) is 2.42. The van der Waals surface area contributed by atoms with Crippen LogP contribution in [0.5, 0.6) is 11.6 Å². The highest BCUT2D eigenvalue weighted by molar-refractivity contribution is 5.85. The molecule has 5 nitrogen and oxygen atoms in total. The topological polar surface area (TPSA) is 68.7 Å². The monoisotopic (exact) mass is 277 g/mol. The van der Waals surface area contributed by atoms with Gasteiger partial charge in [-0.25, -0.2) is 9.78 Å². The zero-order chi connectivity index (χ0) is 14.0. The number of halogens is 3. The molecule has 1 aliphatic carbocycles. The van der Waals surface area contributed by atoms with Crippen molar-refractivity contribution >= 4 is 5.97 Å². The van der Waals surface area contributed by atoms with Gasteiger partial charge in [-0.15, -0.1) is 13.2 Å². The van der Waals surface area contributed by atoms with Gasteiger partial charge in [0, 0.05) is 0 Å². The molecular formula is C11H10F3NO4. The zero-order valence-electron chi connectivity index (χ0n) is 9.61. The van der Waals surface area contributed by atoms with Crippen LogP contribution in [0.4, 0.5) is 13.2 Å². The van der Waals surface area contributed by atoms with E-state index in [4.69, 9.17) is 9.84 Å². The van der Waals surface area contributed by atoms with Crippen molar-refractivity contribution in [2.45, 2.75) is 19.2 Å². The van der Waals surface area contributed by atoms with E-state index in [-0.39, 0.29) is 12.5 Å². The summed E-state index contributed by atoms with van der Waals surface area (Å²) < 4.78 is 45.3. The van der Waals surface area contributed by atoms with Crippen LogP contribution in [0.15, 0.2) is 12.1 Å². The van der Waals surface area contributed by atoms with Crippen LogP contribution in [0.25, 0.3) is 0 Å². The minimum atomic E-state index is -4.88. The Kier molecular flexibility index (Phi) is 3.50. The summed E-state index contributed by atoms with van der Waals surface area (Å²) in [5, 5.41) is 8.74. The average Bonchev–Trinajstić information content (AvgIpc) is 3.09. The molecule has 0 bridgehead atoms. The molecule has 0 atom stereocenters. The number of hydrogen-bond acceptors (Lipinski definition) is 4. The van der Waals surface area contributed by atoms with Gasteiger partial charge in [0.25, 0.3) is 5.88 Å². The number of carbonyl (C=O) groups is 1. The molecule has 1 fully saturated rings. The molecule has 1 aromatic rings. The number of carboxylic acid groups (broad SMARTS) is 1. The van der Waals surface area contributed by atoms with Gasteiger partial charge in [0.15, 0.2) is 11.4 Å². The fourth-order valence-corrected chi connectivity index (χ4v) is 1.33. The summed E-state index contributed by atoms with van der Waals surface area (Å²) in [7, 11) is 0. The Morgan fingerprint density at radius 1 is 1.42 bits per heavy atom. The first-order chi connectivity index (χ1) is 8.85. The molecule has 0 unspecified atom stereocenters. The Morgan fingerprint density at radius 2 is 2.11 bits per heavy atom. The van der Waals surface area contributed by atoms with Crippen LogP contribution >= 0.6 is 0 Å². The van der Waals surface area contributed by atoms with Crippen molar-refractivity contribution in [2.75, 3.05) is 6.61 Å². The largest absolute Gasteiger partial charge is 0.573 e. The lowest BCUT2D eigenvalue weighted by Gasteiger charge is -2.13. The molecule has 0 radical (unpaired) electrons. The minimum Gasteiger partial charge on any atom is -0.477 e. The molecule has 1 N–H and O–H groups in total. The normalized spacial score (nSPS) is 15.1. The molecule has 1 aliphatic rings. The molecule has 2 rings (SSSR count). The maximum absolute atomic E-state index is 12.2. The fraction of sp³-hybridized carbons (Fsp3) is 0.455. The quantitative estimate of drug-likeness (QED) is 0.895. The second kappa shape index (κ2) is 4.94. The highest BCUT2D eigenvalue weighted by atomic mass is 19.4. The summed E-state index contributed by atoms with van der Waals surface area (Å²) in [6, 6.07) is 1.81. The van der Waals surface area contributed by atoms with Gasteiger partial charge in [-0.05, 0) is 30.9 Å². The Balaban J connectivity index is 2.20. The summed E-state index contributed by atoms with van der Waals surface area (Å²) in [5.41, 5.74) is -0.402. The maximum atomic E-state index is 12.2. The molecular weight excluding hydrogens is 267 g/mol. The van der Waals surface area contributed by atoms with Gasteiger partial charge < -0.3 is 14.6 Å². The van der Waals surface area contributed by atoms with Crippen molar-refractivity contribution in [3.8, 4) is 11.6 Å². The number of ether oxygens (including phenoxy) is 2. The van der Waals surface area contributed by atoms with Gasteiger partial charge in [-0.2, -0.15) is 0 Å². The van der Waals surface area contributed by atoms with Crippen LogP contribution < -0.4 is 9.47 Å². The molecule has 19 heavy (non-hydrogen) atoms. The van der Waals surface area contributed by atoms with Gasteiger partial charge >= 0.3 is 12.3 Å². The van der Waals surface area contributed by atoms with E-state index in [1.165, 1.54) is 0 Å². The first-order valence-corrected chi connectivity index (χ1v) is 5.48. The van der Waals surface area contributed by atoms with Gasteiger partial charge in [0.2, 0.25) is 0 Å². The molecule has 0 amide bonds. The number of alkyl halides is 3. The van der Waals surface area contributed by atoms with E-state index in [1.54, 1.807) is 0 Å². The lowest BCUT2D eigenvalue weighted by atomic mass is 10.3. The van der Waals surface area contributed by atoms with E-state index >= 15 is 0 Å². The van der Waals surface area contributed by atoms with Gasteiger partial charge in [-0.3, -0.25) is 0 Å². The molecule has 1 saturated carbocycles. The lowest BCUT2D eigenvalue weighted by molar-refractivity contribution is -0.275. The Labute approximate surface area is 106 Å². The van der Waals surface area contributed by atoms with E-state index in [9.17, 15) is 18.0 Å². The molecule has 1 aromatic heterocycles. The predicted octanol–water partition coefficient (Wildman–Crippen LogP) is 2.47. The number of hydrogen-bond donors (Lipinski definition) is 1. The molecule has 104 valence electrons. The van der Waals surface area contributed by atoms with Gasteiger partial charge in [0.1, 0.15) is 0 Å². The number of rotatable bonds is 5. The number of nitrogens with zero attached hydrogens (tertiary/aromatic N) is 1. The summed E-state index contributed by atoms with van der Waals surface area (Å²) in [5.74, 6) is -2.16. The standard InChI is InChI=1S/C11H10F3NO4/c12-11(13,14)19-8-4-3-7(10(16)17)15-9(8)18-5-6-1-2-6/h3-4,6H,1-2,5H2,(H,16,17). The molecule has 1 heterocycles. The van der Waals surface area contributed by atoms with Crippen LogP contribution in [0.3, 0.4) is 0 Å². The summed E-state index contributed by atoms with van der Waals surface area (Å²) in [6.45, 7) is 0.199. The highest BCUT2D eigenvalue weighted by Gasteiger charge is 2.33. The van der Waals surface area contributed by atoms with Crippen LogP contribution in [0.1, 0.15) is 23.3 Å². The summed E-state index contributed by atoms with van der Waals surface area (Å²) in [4.78, 5) is 14.2. The second-order valence-electron chi connectivity index (χ2n) is 4.11. The molecule has 0 aliphatic heterocycles. The van der Waals surface area contributed by atoms with E-state index in [0.717, 1.165) is 25.0 Å². The third kappa shape index (κ3) is 4.01. The third-order valence-corrected chi connectivity index (χ3v) is 2.42. The van der Waals surface area contributed by atoms with E-state index < -0.39 is 29.7 Å². The second-order valence-corrected chi connectivity index (χ2v) is 4.11. The molecule has 8 heteroatoms.